The van der Waals surface area contributed by atoms with Crippen molar-refractivity contribution >= 4 is 15.9 Å². The molecule has 0 radical (unpaired) electrons. The maximum Gasteiger partial charge on any atom is 0.255 e. The molecule has 1 aromatic rings. The van der Waals surface area contributed by atoms with E-state index in [0.717, 1.165) is 6.07 Å². The highest BCUT2D eigenvalue weighted by Gasteiger charge is 2.24. The van der Waals surface area contributed by atoms with Crippen LogP contribution in [0.15, 0.2) is 12.1 Å². The van der Waals surface area contributed by atoms with Gasteiger partial charge in [-0.1, -0.05) is 15.9 Å². The number of ether oxygens (including phenoxy) is 2. The molecule has 0 amide bonds. The van der Waals surface area contributed by atoms with Crippen molar-refractivity contribution in [3.63, 3.8) is 0 Å². The monoisotopic (exact) mass is 298 g/mol. The summed E-state index contributed by atoms with van der Waals surface area (Å²) in [5.74, 6) is -0.387. The van der Waals surface area contributed by atoms with Crippen LogP contribution >= 0.6 is 15.9 Å². The fraction of sp³-hybridized carbons (Fsp3) is 0.400. The summed E-state index contributed by atoms with van der Waals surface area (Å²) in [6.45, 7) is 0. The molecule has 6 heteroatoms. The van der Waals surface area contributed by atoms with Crippen LogP contribution in [0.25, 0.3) is 0 Å². The third-order valence-electron chi connectivity index (χ3n) is 2.02. The van der Waals surface area contributed by atoms with E-state index in [1.807, 2.05) is 0 Å². The second kappa shape index (κ2) is 5.43. The van der Waals surface area contributed by atoms with Gasteiger partial charge in [-0.3, -0.25) is 0 Å². The van der Waals surface area contributed by atoms with Gasteiger partial charge in [0.2, 0.25) is 0 Å². The second-order valence-electron chi connectivity index (χ2n) is 2.96. The fourth-order valence-electron chi connectivity index (χ4n) is 1.22. The molecule has 90 valence electrons. The van der Waals surface area contributed by atoms with Crippen molar-refractivity contribution < 1.29 is 22.6 Å². The van der Waals surface area contributed by atoms with Gasteiger partial charge in [0.15, 0.2) is 11.5 Å². The van der Waals surface area contributed by atoms with Gasteiger partial charge in [0.1, 0.15) is 10.6 Å². The van der Waals surface area contributed by atoms with E-state index in [0.29, 0.717) is 0 Å². The zero-order valence-corrected chi connectivity index (χ0v) is 10.2. The molecule has 1 unspecified atom stereocenters. The van der Waals surface area contributed by atoms with E-state index >= 15 is 0 Å². The largest absolute Gasteiger partial charge is 0.493 e. The van der Waals surface area contributed by atoms with Crippen LogP contribution in [0.2, 0.25) is 0 Å². The van der Waals surface area contributed by atoms with E-state index in [2.05, 4.69) is 15.9 Å². The lowest BCUT2D eigenvalue weighted by Gasteiger charge is -2.14. The third-order valence-corrected chi connectivity index (χ3v) is 2.91. The van der Waals surface area contributed by atoms with Gasteiger partial charge >= 0.3 is 0 Å². The van der Waals surface area contributed by atoms with E-state index in [1.54, 1.807) is 0 Å². The molecule has 0 saturated carbocycles. The van der Waals surface area contributed by atoms with E-state index in [1.165, 1.54) is 20.3 Å². The first-order valence-electron chi connectivity index (χ1n) is 4.35. The molecule has 0 aliphatic heterocycles. The molecule has 0 spiro atoms. The molecule has 16 heavy (non-hydrogen) atoms. The average molecular weight is 299 g/mol. The number of alkyl halides is 3. The van der Waals surface area contributed by atoms with Crippen molar-refractivity contribution in [2.24, 2.45) is 0 Å². The Kier molecular flexibility index (Phi) is 4.46. The smallest absolute Gasteiger partial charge is 0.255 e. The topological polar surface area (TPSA) is 18.5 Å². The SMILES string of the molecule is COc1cc(F)c(C(Br)C(F)F)cc1OC. The lowest BCUT2D eigenvalue weighted by molar-refractivity contribution is 0.146. The molecule has 1 atom stereocenters. The van der Waals surface area contributed by atoms with Crippen LogP contribution in [-0.4, -0.2) is 20.6 Å². The van der Waals surface area contributed by atoms with Crippen LogP contribution in [0.4, 0.5) is 13.2 Å². The normalized spacial score (nSPS) is 12.7. The number of benzene rings is 1. The van der Waals surface area contributed by atoms with Crippen molar-refractivity contribution in [1.82, 2.24) is 0 Å². The zero-order chi connectivity index (χ0) is 12.3. The molecule has 0 aromatic heterocycles. The molecular weight excluding hydrogens is 289 g/mol. The van der Waals surface area contributed by atoms with Gasteiger partial charge in [-0.25, -0.2) is 13.2 Å². The van der Waals surface area contributed by atoms with Crippen LogP contribution in [0.3, 0.4) is 0 Å². The highest BCUT2D eigenvalue weighted by Crippen LogP contribution is 2.37. The minimum atomic E-state index is -2.70. The molecule has 0 saturated heterocycles. The highest BCUT2D eigenvalue weighted by molar-refractivity contribution is 9.09. The Morgan fingerprint density at radius 2 is 1.62 bits per heavy atom. The average Bonchev–Trinajstić information content (AvgIpc) is 2.27. The lowest BCUT2D eigenvalue weighted by Crippen LogP contribution is -2.05. The van der Waals surface area contributed by atoms with Gasteiger partial charge in [0.25, 0.3) is 6.43 Å². The van der Waals surface area contributed by atoms with E-state index in [4.69, 9.17) is 9.47 Å². The Bertz CT molecular complexity index is 371. The standard InChI is InChI=1S/C10H10BrF3O2/c1-15-7-3-5(9(11)10(13)14)6(12)4-8(7)16-2/h3-4,9-10H,1-2H3. The molecule has 2 nitrogen and oxygen atoms in total. The first kappa shape index (κ1) is 13.2. The summed E-state index contributed by atoms with van der Waals surface area (Å²) in [4.78, 5) is -1.37. The molecule has 0 aliphatic carbocycles. The predicted molar refractivity (Wildman–Crippen MR) is 57.2 cm³/mol. The number of methoxy groups -OCH3 is 2. The molecule has 0 aliphatic rings. The number of hydrogen-bond donors (Lipinski definition) is 0. The minimum absolute atomic E-state index is 0.160. The van der Waals surface area contributed by atoms with Crippen molar-refractivity contribution in [3.05, 3.63) is 23.5 Å². The van der Waals surface area contributed by atoms with Crippen molar-refractivity contribution in [2.45, 2.75) is 11.3 Å². The van der Waals surface area contributed by atoms with Gasteiger partial charge in [0, 0.05) is 11.6 Å². The summed E-state index contributed by atoms with van der Waals surface area (Å²) < 4.78 is 48.1. The van der Waals surface area contributed by atoms with Gasteiger partial charge in [-0.05, 0) is 6.07 Å². The summed E-state index contributed by atoms with van der Waals surface area (Å²) in [6.07, 6.45) is -2.70. The lowest BCUT2D eigenvalue weighted by atomic mass is 10.1. The Morgan fingerprint density at radius 1 is 1.12 bits per heavy atom. The number of rotatable bonds is 4. The van der Waals surface area contributed by atoms with E-state index in [-0.39, 0.29) is 17.1 Å². The van der Waals surface area contributed by atoms with Crippen molar-refractivity contribution in [3.8, 4) is 11.5 Å². The Hall–Kier alpha value is -0.910. The molecule has 0 N–H and O–H groups in total. The summed E-state index contributed by atoms with van der Waals surface area (Å²) in [7, 11) is 2.70. The number of halogens is 4. The van der Waals surface area contributed by atoms with Gasteiger partial charge in [0.05, 0.1) is 14.2 Å². The Morgan fingerprint density at radius 3 is 2.06 bits per heavy atom. The molecule has 1 rings (SSSR count). The fourth-order valence-corrected chi connectivity index (χ4v) is 1.57. The highest BCUT2D eigenvalue weighted by atomic mass is 79.9. The zero-order valence-electron chi connectivity index (χ0n) is 8.64. The van der Waals surface area contributed by atoms with Crippen LogP contribution in [0, 0.1) is 5.82 Å². The van der Waals surface area contributed by atoms with Crippen molar-refractivity contribution in [1.29, 1.82) is 0 Å². The summed E-state index contributed by atoms with van der Waals surface area (Å²) in [5, 5.41) is 0. The van der Waals surface area contributed by atoms with Gasteiger partial charge < -0.3 is 9.47 Å². The quantitative estimate of drug-likeness (QED) is 0.792. The molecule has 0 fully saturated rings. The van der Waals surface area contributed by atoms with Crippen molar-refractivity contribution in [2.75, 3.05) is 14.2 Å². The molecule has 0 bridgehead atoms. The van der Waals surface area contributed by atoms with Gasteiger partial charge in [-0.15, -0.1) is 0 Å². The van der Waals surface area contributed by atoms with E-state index < -0.39 is 17.1 Å². The molecular formula is C10H10BrF3O2. The van der Waals surface area contributed by atoms with Crippen LogP contribution < -0.4 is 9.47 Å². The number of hydrogen-bond acceptors (Lipinski definition) is 2. The first-order valence-corrected chi connectivity index (χ1v) is 5.26. The Balaban J connectivity index is 3.21. The minimum Gasteiger partial charge on any atom is -0.493 e. The predicted octanol–water partition coefficient (Wildman–Crippen LogP) is 3.54. The van der Waals surface area contributed by atoms with E-state index in [9.17, 15) is 13.2 Å². The van der Waals surface area contributed by atoms with Crippen LogP contribution in [0.1, 0.15) is 10.4 Å². The second-order valence-corrected chi connectivity index (χ2v) is 3.95. The third kappa shape index (κ3) is 2.61. The Labute approximate surface area is 99.5 Å². The van der Waals surface area contributed by atoms with Crippen LogP contribution in [0.5, 0.6) is 11.5 Å². The van der Waals surface area contributed by atoms with Gasteiger partial charge in [-0.2, -0.15) is 0 Å². The summed E-state index contributed by atoms with van der Waals surface area (Å²) in [5.41, 5.74) is -0.160. The first-order chi connectivity index (χ1) is 7.51. The molecule has 0 heterocycles. The molecule has 1 aromatic carbocycles. The van der Waals surface area contributed by atoms with Crippen LogP contribution in [-0.2, 0) is 0 Å². The summed E-state index contributed by atoms with van der Waals surface area (Å²) in [6, 6.07) is 2.21. The maximum absolute atomic E-state index is 13.5. The maximum atomic E-state index is 13.5. The summed E-state index contributed by atoms with van der Waals surface area (Å²) >= 11 is 2.72.